The fourth-order valence-electron chi connectivity index (χ4n) is 1.73. The van der Waals surface area contributed by atoms with E-state index in [-0.39, 0.29) is 5.91 Å². The summed E-state index contributed by atoms with van der Waals surface area (Å²) in [5.74, 6) is -0.273. The van der Waals surface area contributed by atoms with Crippen LogP contribution in [0.15, 0.2) is 28.9 Å². The summed E-state index contributed by atoms with van der Waals surface area (Å²) in [6.45, 7) is 1.96. The van der Waals surface area contributed by atoms with E-state index in [0.29, 0.717) is 17.1 Å². The number of amides is 1. The summed E-state index contributed by atoms with van der Waals surface area (Å²) >= 11 is 3.39. The van der Waals surface area contributed by atoms with E-state index < -0.39 is 0 Å². The van der Waals surface area contributed by atoms with Crippen molar-refractivity contribution >= 4 is 33.2 Å². The number of carbonyl (C=O) groups excluding carboxylic acids is 1. The number of nitrogens with zero attached hydrogens (tertiary/aromatic N) is 2. The van der Waals surface area contributed by atoms with E-state index in [1.807, 2.05) is 25.1 Å². The molecule has 0 bridgehead atoms. The predicted molar refractivity (Wildman–Crippen MR) is 74.5 cm³/mol. The second kappa shape index (κ2) is 4.81. The molecule has 0 aliphatic rings. The number of anilines is 2. The zero-order valence-electron chi connectivity index (χ0n) is 10.1. The van der Waals surface area contributed by atoms with Gasteiger partial charge in [-0.1, -0.05) is 15.9 Å². The summed E-state index contributed by atoms with van der Waals surface area (Å²) in [6, 6.07) is 5.68. The molecule has 1 aromatic heterocycles. The Morgan fingerprint density at radius 3 is 2.72 bits per heavy atom. The number of hydrogen-bond donors (Lipinski definition) is 2. The van der Waals surface area contributed by atoms with Crippen molar-refractivity contribution in [1.82, 2.24) is 9.78 Å². The molecule has 0 aliphatic carbocycles. The van der Waals surface area contributed by atoms with Crippen molar-refractivity contribution in [3.05, 3.63) is 40.1 Å². The SMILES string of the molecule is Cc1cc(Br)cc(NC(=O)c2c(N)cnn2C)c1. The van der Waals surface area contributed by atoms with E-state index in [9.17, 15) is 4.79 Å². The number of carbonyl (C=O) groups is 1. The van der Waals surface area contributed by atoms with Crippen LogP contribution in [0.3, 0.4) is 0 Å². The van der Waals surface area contributed by atoms with E-state index in [4.69, 9.17) is 5.73 Å². The summed E-state index contributed by atoms with van der Waals surface area (Å²) in [5, 5.41) is 6.73. The van der Waals surface area contributed by atoms with Crippen LogP contribution in [0, 0.1) is 6.92 Å². The number of rotatable bonds is 2. The first-order valence-electron chi connectivity index (χ1n) is 5.33. The molecule has 3 N–H and O–H groups in total. The van der Waals surface area contributed by atoms with E-state index in [2.05, 4.69) is 26.3 Å². The summed E-state index contributed by atoms with van der Waals surface area (Å²) in [5.41, 5.74) is 8.19. The number of nitrogens with one attached hydrogen (secondary N) is 1. The van der Waals surface area contributed by atoms with E-state index >= 15 is 0 Å². The summed E-state index contributed by atoms with van der Waals surface area (Å²) in [6.07, 6.45) is 1.46. The molecule has 1 heterocycles. The van der Waals surface area contributed by atoms with Crippen LogP contribution in [0.1, 0.15) is 16.1 Å². The Bertz CT molecular complexity index is 566. The molecule has 6 heteroatoms. The van der Waals surface area contributed by atoms with E-state index in [0.717, 1.165) is 10.0 Å². The van der Waals surface area contributed by atoms with Crippen molar-refractivity contribution < 1.29 is 4.79 Å². The maximum Gasteiger partial charge on any atom is 0.276 e. The lowest BCUT2D eigenvalue weighted by atomic mass is 10.2. The maximum absolute atomic E-state index is 12.1. The van der Waals surface area contributed by atoms with Gasteiger partial charge in [0.05, 0.1) is 11.9 Å². The normalized spacial score (nSPS) is 10.4. The number of hydrogen-bond acceptors (Lipinski definition) is 3. The summed E-state index contributed by atoms with van der Waals surface area (Å²) < 4.78 is 2.37. The zero-order valence-corrected chi connectivity index (χ0v) is 11.7. The standard InChI is InChI=1S/C12H13BrN4O/c1-7-3-8(13)5-9(4-7)16-12(18)11-10(14)6-15-17(11)2/h3-6H,14H2,1-2H3,(H,16,18). The summed E-state index contributed by atoms with van der Waals surface area (Å²) in [4.78, 5) is 12.1. The van der Waals surface area contributed by atoms with Gasteiger partial charge >= 0.3 is 0 Å². The molecule has 0 unspecified atom stereocenters. The molecular formula is C12H13BrN4O. The smallest absolute Gasteiger partial charge is 0.276 e. The van der Waals surface area contributed by atoms with Crippen molar-refractivity contribution in [3.63, 3.8) is 0 Å². The molecule has 0 fully saturated rings. The Morgan fingerprint density at radius 1 is 1.44 bits per heavy atom. The topological polar surface area (TPSA) is 72.9 Å². The number of aromatic nitrogens is 2. The van der Waals surface area contributed by atoms with Crippen LogP contribution in [-0.4, -0.2) is 15.7 Å². The minimum absolute atomic E-state index is 0.273. The van der Waals surface area contributed by atoms with E-state index in [1.165, 1.54) is 10.9 Å². The molecule has 94 valence electrons. The van der Waals surface area contributed by atoms with Crippen molar-refractivity contribution in [3.8, 4) is 0 Å². The number of nitrogens with two attached hydrogens (primary N) is 1. The van der Waals surface area contributed by atoms with Crippen LogP contribution < -0.4 is 11.1 Å². The van der Waals surface area contributed by atoms with Crippen LogP contribution in [0.4, 0.5) is 11.4 Å². The third-order valence-corrected chi connectivity index (χ3v) is 2.94. The molecule has 0 saturated heterocycles. The highest BCUT2D eigenvalue weighted by Crippen LogP contribution is 2.20. The van der Waals surface area contributed by atoms with Crippen LogP contribution in [0.2, 0.25) is 0 Å². The average molecular weight is 309 g/mol. The number of nitrogen functional groups attached to an aromatic ring is 1. The zero-order chi connectivity index (χ0) is 13.3. The lowest BCUT2D eigenvalue weighted by molar-refractivity contribution is 0.101. The van der Waals surface area contributed by atoms with E-state index in [1.54, 1.807) is 7.05 Å². The van der Waals surface area contributed by atoms with Crippen LogP contribution >= 0.6 is 15.9 Å². The van der Waals surface area contributed by atoms with Crippen molar-refractivity contribution in [2.45, 2.75) is 6.92 Å². The van der Waals surface area contributed by atoms with Crippen LogP contribution in [0.25, 0.3) is 0 Å². The minimum atomic E-state index is -0.273. The van der Waals surface area contributed by atoms with Gasteiger partial charge in [0, 0.05) is 17.2 Å². The van der Waals surface area contributed by atoms with Gasteiger partial charge in [0.2, 0.25) is 0 Å². The van der Waals surface area contributed by atoms with Gasteiger partial charge in [0.25, 0.3) is 5.91 Å². The lowest BCUT2D eigenvalue weighted by Gasteiger charge is -2.07. The highest BCUT2D eigenvalue weighted by molar-refractivity contribution is 9.10. The van der Waals surface area contributed by atoms with Crippen molar-refractivity contribution in [2.24, 2.45) is 7.05 Å². The second-order valence-corrected chi connectivity index (χ2v) is 4.96. The fourth-order valence-corrected chi connectivity index (χ4v) is 2.34. The molecule has 0 aliphatic heterocycles. The largest absolute Gasteiger partial charge is 0.396 e. The van der Waals surface area contributed by atoms with Gasteiger partial charge < -0.3 is 11.1 Å². The molecule has 5 nitrogen and oxygen atoms in total. The molecule has 0 atom stereocenters. The monoisotopic (exact) mass is 308 g/mol. The Labute approximate surface area is 113 Å². The molecule has 2 aromatic rings. The Hall–Kier alpha value is -1.82. The van der Waals surface area contributed by atoms with Crippen LogP contribution in [-0.2, 0) is 7.05 Å². The first kappa shape index (κ1) is 12.6. The molecule has 18 heavy (non-hydrogen) atoms. The first-order chi connectivity index (χ1) is 8.47. The van der Waals surface area contributed by atoms with Gasteiger partial charge in [0.1, 0.15) is 5.69 Å². The number of benzene rings is 1. The second-order valence-electron chi connectivity index (χ2n) is 4.04. The van der Waals surface area contributed by atoms with Crippen molar-refractivity contribution in [1.29, 1.82) is 0 Å². The third kappa shape index (κ3) is 2.53. The Kier molecular flexibility index (Phi) is 3.38. The quantitative estimate of drug-likeness (QED) is 0.894. The van der Waals surface area contributed by atoms with Gasteiger partial charge in [-0.2, -0.15) is 5.10 Å². The molecule has 1 aromatic carbocycles. The lowest BCUT2D eigenvalue weighted by Crippen LogP contribution is -2.17. The van der Waals surface area contributed by atoms with Crippen LogP contribution in [0.5, 0.6) is 0 Å². The van der Waals surface area contributed by atoms with Gasteiger partial charge in [0.15, 0.2) is 0 Å². The molecule has 0 radical (unpaired) electrons. The highest BCUT2D eigenvalue weighted by Gasteiger charge is 2.15. The Balaban J connectivity index is 2.27. The predicted octanol–water partition coefficient (Wildman–Crippen LogP) is 2.33. The average Bonchev–Trinajstić information content (AvgIpc) is 2.56. The molecule has 0 saturated carbocycles. The number of halogens is 1. The third-order valence-electron chi connectivity index (χ3n) is 2.48. The highest BCUT2D eigenvalue weighted by atomic mass is 79.9. The number of aryl methyl sites for hydroxylation is 2. The first-order valence-corrected chi connectivity index (χ1v) is 6.12. The fraction of sp³-hybridized carbons (Fsp3) is 0.167. The minimum Gasteiger partial charge on any atom is -0.396 e. The maximum atomic E-state index is 12.1. The van der Waals surface area contributed by atoms with Gasteiger partial charge in [-0.05, 0) is 30.7 Å². The molecule has 2 rings (SSSR count). The Morgan fingerprint density at radius 2 is 2.17 bits per heavy atom. The van der Waals surface area contributed by atoms with Crippen molar-refractivity contribution in [2.75, 3.05) is 11.1 Å². The summed E-state index contributed by atoms with van der Waals surface area (Å²) in [7, 11) is 1.68. The van der Waals surface area contributed by atoms with Gasteiger partial charge in [-0.25, -0.2) is 0 Å². The molecule has 1 amide bonds. The molecule has 0 spiro atoms. The van der Waals surface area contributed by atoms with Gasteiger partial charge in [-0.3, -0.25) is 9.48 Å². The molecular weight excluding hydrogens is 296 g/mol. The van der Waals surface area contributed by atoms with Gasteiger partial charge in [-0.15, -0.1) is 0 Å².